The predicted molar refractivity (Wildman–Crippen MR) is 74.9 cm³/mol. The summed E-state index contributed by atoms with van der Waals surface area (Å²) in [6.45, 7) is 0. The SMILES string of the molecule is OOC1c2ccccc2-c2c1ccc1ccccc21. The Kier molecular flexibility index (Phi) is 2.21. The number of fused-ring (bicyclic) bond motifs is 5. The zero-order valence-electron chi connectivity index (χ0n) is 10.2. The summed E-state index contributed by atoms with van der Waals surface area (Å²) in [7, 11) is 0. The molecule has 4 rings (SSSR count). The summed E-state index contributed by atoms with van der Waals surface area (Å²) in [5, 5.41) is 11.6. The molecule has 1 atom stereocenters. The highest BCUT2D eigenvalue weighted by Crippen LogP contribution is 2.47. The lowest BCUT2D eigenvalue weighted by atomic mass is 9.98. The first-order valence-corrected chi connectivity index (χ1v) is 6.31. The van der Waals surface area contributed by atoms with E-state index in [9.17, 15) is 5.26 Å². The van der Waals surface area contributed by atoms with E-state index in [2.05, 4.69) is 24.3 Å². The highest BCUT2D eigenvalue weighted by atomic mass is 17.1. The molecule has 0 amide bonds. The molecule has 0 aromatic heterocycles. The molecule has 1 aliphatic rings. The molecular formula is C17H12O2. The minimum Gasteiger partial charge on any atom is -0.251 e. The van der Waals surface area contributed by atoms with Crippen LogP contribution in [0, 0.1) is 0 Å². The Labute approximate surface area is 110 Å². The normalized spacial score (nSPS) is 16.4. The van der Waals surface area contributed by atoms with Gasteiger partial charge in [-0.2, -0.15) is 0 Å². The van der Waals surface area contributed by atoms with Gasteiger partial charge in [-0.3, -0.25) is 5.26 Å². The average molecular weight is 248 g/mol. The van der Waals surface area contributed by atoms with Gasteiger partial charge in [-0.05, 0) is 33.0 Å². The first-order chi connectivity index (χ1) is 9.40. The second-order valence-electron chi connectivity index (χ2n) is 4.82. The summed E-state index contributed by atoms with van der Waals surface area (Å²) in [5.74, 6) is 0. The maximum absolute atomic E-state index is 9.23. The summed E-state index contributed by atoms with van der Waals surface area (Å²) >= 11 is 0. The van der Waals surface area contributed by atoms with Gasteiger partial charge in [-0.1, -0.05) is 60.7 Å². The molecule has 0 saturated carbocycles. The second-order valence-corrected chi connectivity index (χ2v) is 4.82. The van der Waals surface area contributed by atoms with Crippen LogP contribution in [0.15, 0.2) is 60.7 Å². The molecule has 2 heteroatoms. The molecule has 0 radical (unpaired) electrons. The van der Waals surface area contributed by atoms with Crippen molar-refractivity contribution in [3.05, 3.63) is 71.8 Å². The lowest BCUT2D eigenvalue weighted by Gasteiger charge is -2.09. The monoisotopic (exact) mass is 248 g/mol. The summed E-state index contributed by atoms with van der Waals surface area (Å²) < 4.78 is 0. The highest BCUT2D eigenvalue weighted by molar-refractivity contribution is 6.01. The topological polar surface area (TPSA) is 29.5 Å². The fraction of sp³-hybridized carbons (Fsp3) is 0.0588. The Bertz CT molecular complexity index is 777. The number of hydrogen-bond donors (Lipinski definition) is 1. The Hall–Kier alpha value is -2.16. The van der Waals surface area contributed by atoms with Crippen molar-refractivity contribution in [2.45, 2.75) is 6.10 Å². The van der Waals surface area contributed by atoms with Crippen molar-refractivity contribution >= 4 is 10.8 Å². The molecule has 3 aromatic rings. The van der Waals surface area contributed by atoms with Gasteiger partial charge in [0.1, 0.15) is 6.10 Å². The molecule has 0 aliphatic heterocycles. The third-order valence-electron chi connectivity index (χ3n) is 3.86. The van der Waals surface area contributed by atoms with Gasteiger partial charge in [0.05, 0.1) is 0 Å². The van der Waals surface area contributed by atoms with Gasteiger partial charge in [0.2, 0.25) is 0 Å². The molecule has 1 unspecified atom stereocenters. The van der Waals surface area contributed by atoms with Gasteiger partial charge in [-0.25, -0.2) is 4.89 Å². The smallest absolute Gasteiger partial charge is 0.144 e. The number of hydrogen-bond acceptors (Lipinski definition) is 2. The van der Waals surface area contributed by atoms with Crippen LogP contribution in [0.1, 0.15) is 17.2 Å². The van der Waals surface area contributed by atoms with Crippen LogP contribution in [-0.4, -0.2) is 5.26 Å². The molecule has 19 heavy (non-hydrogen) atoms. The van der Waals surface area contributed by atoms with Crippen LogP contribution in [-0.2, 0) is 4.89 Å². The molecule has 0 bridgehead atoms. The van der Waals surface area contributed by atoms with Crippen LogP contribution in [0.4, 0.5) is 0 Å². The summed E-state index contributed by atoms with van der Waals surface area (Å²) in [5.41, 5.74) is 4.37. The Morgan fingerprint density at radius 2 is 1.58 bits per heavy atom. The molecule has 1 N–H and O–H groups in total. The predicted octanol–water partition coefficient (Wildman–Crippen LogP) is 4.40. The van der Waals surface area contributed by atoms with Crippen LogP contribution in [0.25, 0.3) is 21.9 Å². The van der Waals surface area contributed by atoms with Gasteiger partial charge in [0, 0.05) is 0 Å². The van der Waals surface area contributed by atoms with Crippen molar-refractivity contribution < 1.29 is 10.1 Å². The Balaban J connectivity index is 2.15. The van der Waals surface area contributed by atoms with Gasteiger partial charge < -0.3 is 0 Å². The van der Waals surface area contributed by atoms with Crippen LogP contribution < -0.4 is 0 Å². The first-order valence-electron chi connectivity index (χ1n) is 6.31. The van der Waals surface area contributed by atoms with E-state index in [0.717, 1.165) is 16.7 Å². The van der Waals surface area contributed by atoms with Crippen molar-refractivity contribution in [3.63, 3.8) is 0 Å². The first kappa shape index (κ1) is 10.7. The van der Waals surface area contributed by atoms with E-state index >= 15 is 0 Å². The van der Waals surface area contributed by atoms with Gasteiger partial charge >= 0.3 is 0 Å². The molecule has 92 valence electrons. The van der Waals surface area contributed by atoms with E-state index in [-0.39, 0.29) is 6.10 Å². The van der Waals surface area contributed by atoms with Crippen LogP contribution in [0.5, 0.6) is 0 Å². The second kappa shape index (κ2) is 3.92. The third-order valence-corrected chi connectivity index (χ3v) is 3.86. The highest BCUT2D eigenvalue weighted by Gasteiger charge is 2.30. The van der Waals surface area contributed by atoms with Crippen LogP contribution in [0.3, 0.4) is 0 Å². The zero-order valence-corrected chi connectivity index (χ0v) is 10.2. The lowest BCUT2D eigenvalue weighted by Crippen LogP contribution is -1.98. The maximum Gasteiger partial charge on any atom is 0.144 e. The summed E-state index contributed by atoms with van der Waals surface area (Å²) in [6, 6.07) is 20.5. The standard InChI is InChI=1S/C17H12O2/c18-19-17-14-8-4-3-7-13(14)16-12-6-2-1-5-11(12)9-10-15(16)17/h1-10,17-18H. The van der Waals surface area contributed by atoms with Gasteiger partial charge in [-0.15, -0.1) is 0 Å². The minimum absolute atomic E-state index is 0.379. The van der Waals surface area contributed by atoms with E-state index < -0.39 is 0 Å². The third kappa shape index (κ3) is 1.38. The summed E-state index contributed by atoms with van der Waals surface area (Å²) in [6.07, 6.45) is -0.379. The van der Waals surface area contributed by atoms with Gasteiger partial charge in [0.15, 0.2) is 0 Å². The fourth-order valence-electron chi connectivity index (χ4n) is 3.04. The molecule has 2 nitrogen and oxygen atoms in total. The quantitative estimate of drug-likeness (QED) is 0.511. The summed E-state index contributed by atoms with van der Waals surface area (Å²) in [4.78, 5) is 4.71. The zero-order chi connectivity index (χ0) is 12.8. The van der Waals surface area contributed by atoms with Crippen molar-refractivity contribution in [1.29, 1.82) is 0 Å². The van der Waals surface area contributed by atoms with E-state index in [1.54, 1.807) is 0 Å². The largest absolute Gasteiger partial charge is 0.251 e. The van der Waals surface area contributed by atoms with Crippen molar-refractivity contribution in [1.82, 2.24) is 0 Å². The van der Waals surface area contributed by atoms with Crippen LogP contribution >= 0.6 is 0 Å². The molecule has 0 fully saturated rings. The van der Waals surface area contributed by atoms with E-state index in [1.807, 2.05) is 36.4 Å². The molecule has 3 aromatic carbocycles. The Morgan fingerprint density at radius 3 is 2.47 bits per heavy atom. The molecule has 0 saturated heterocycles. The van der Waals surface area contributed by atoms with Gasteiger partial charge in [0.25, 0.3) is 0 Å². The lowest BCUT2D eigenvalue weighted by molar-refractivity contribution is -0.269. The fourth-order valence-corrected chi connectivity index (χ4v) is 3.04. The molecule has 1 aliphatic carbocycles. The average Bonchev–Trinajstić information content (AvgIpc) is 2.81. The number of benzene rings is 3. The Morgan fingerprint density at radius 1 is 0.789 bits per heavy atom. The van der Waals surface area contributed by atoms with Crippen molar-refractivity contribution in [2.75, 3.05) is 0 Å². The van der Waals surface area contributed by atoms with Crippen LogP contribution in [0.2, 0.25) is 0 Å². The van der Waals surface area contributed by atoms with Crippen molar-refractivity contribution in [2.24, 2.45) is 0 Å². The van der Waals surface area contributed by atoms with Crippen molar-refractivity contribution in [3.8, 4) is 11.1 Å². The van der Waals surface area contributed by atoms with E-state index in [4.69, 9.17) is 4.89 Å². The maximum atomic E-state index is 9.23. The molecule has 0 heterocycles. The number of rotatable bonds is 1. The van der Waals surface area contributed by atoms with E-state index in [0.29, 0.717) is 0 Å². The molecule has 0 spiro atoms. The molecular weight excluding hydrogens is 236 g/mol. The minimum atomic E-state index is -0.379. The van der Waals surface area contributed by atoms with E-state index in [1.165, 1.54) is 16.3 Å².